The van der Waals surface area contributed by atoms with Crippen molar-refractivity contribution in [2.75, 3.05) is 6.54 Å². The number of benzene rings is 1. The Kier molecular flexibility index (Phi) is 3.07. The molecular formula is C15H16N2O. The summed E-state index contributed by atoms with van der Waals surface area (Å²) < 4.78 is 0. The molecular weight excluding hydrogens is 224 g/mol. The molecule has 1 aromatic heterocycles. The van der Waals surface area contributed by atoms with Crippen LogP contribution in [0.2, 0.25) is 0 Å². The third kappa shape index (κ3) is 2.02. The molecule has 0 radical (unpaired) electrons. The average molecular weight is 240 g/mol. The highest BCUT2D eigenvalue weighted by atomic mass is 16.1. The Labute approximate surface area is 106 Å². The van der Waals surface area contributed by atoms with E-state index in [0.717, 1.165) is 42.1 Å². The standard InChI is InChI=1S/C15H16N2O/c18-15(14-7-3-4-8-17-14)13-10-16-9-11-5-1-2-6-12(11)13/h1-2,5-6,9-10,14,17H,3-4,7-8H2. The number of fused-ring (bicyclic) bond motifs is 1. The number of carbonyl (C=O) groups is 1. The lowest BCUT2D eigenvalue weighted by atomic mass is 9.94. The first-order valence-corrected chi connectivity index (χ1v) is 6.46. The van der Waals surface area contributed by atoms with Gasteiger partial charge in [0.15, 0.2) is 5.78 Å². The van der Waals surface area contributed by atoms with Gasteiger partial charge in [0.25, 0.3) is 0 Å². The number of rotatable bonds is 2. The summed E-state index contributed by atoms with van der Waals surface area (Å²) in [5, 5.41) is 5.34. The first kappa shape index (κ1) is 11.4. The van der Waals surface area contributed by atoms with E-state index in [4.69, 9.17) is 0 Å². The van der Waals surface area contributed by atoms with E-state index < -0.39 is 0 Å². The number of Topliss-reactive ketones (excluding diaryl/α,β-unsaturated/α-hetero) is 1. The lowest BCUT2D eigenvalue weighted by Crippen LogP contribution is -2.40. The summed E-state index contributed by atoms with van der Waals surface area (Å²) in [6.45, 7) is 0.939. The zero-order chi connectivity index (χ0) is 12.4. The highest BCUT2D eigenvalue weighted by Gasteiger charge is 2.23. The van der Waals surface area contributed by atoms with Crippen LogP contribution in [-0.4, -0.2) is 23.4 Å². The molecule has 18 heavy (non-hydrogen) atoms. The number of pyridine rings is 1. The van der Waals surface area contributed by atoms with Crippen LogP contribution in [0.25, 0.3) is 10.8 Å². The monoisotopic (exact) mass is 240 g/mol. The molecule has 0 spiro atoms. The second-order valence-electron chi connectivity index (χ2n) is 4.77. The Balaban J connectivity index is 2.00. The van der Waals surface area contributed by atoms with Crippen molar-refractivity contribution in [1.29, 1.82) is 0 Å². The topological polar surface area (TPSA) is 42.0 Å². The molecule has 0 amide bonds. The summed E-state index contributed by atoms with van der Waals surface area (Å²) in [5.41, 5.74) is 0.743. The van der Waals surface area contributed by atoms with Crippen LogP contribution in [0.15, 0.2) is 36.7 Å². The zero-order valence-electron chi connectivity index (χ0n) is 10.2. The van der Waals surface area contributed by atoms with Crippen molar-refractivity contribution >= 4 is 16.6 Å². The normalized spacial score (nSPS) is 19.9. The van der Waals surface area contributed by atoms with E-state index >= 15 is 0 Å². The van der Waals surface area contributed by atoms with E-state index in [0.29, 0.717) is 0 Å². The van der Waals surface area contributed by atoms with Crippen LogP contribution >= 0.6 is 0 Å². The van der Waals surface area contributed by atoms with Gasteiger partial charge in [-0.2, -0.15) is 0 Å². The van der Waals surface area contributed by atoms with Crippen LogP contribution in [0.1, 0.15) is 29.6 Å². The summed E-state index contributed by atoms with van der Waals surface area (Å²) in [7, 11) is 0. The highest BCUT2D eigenvalue weighted by Crippen LogP contribution is 2.20. The van der Waals surface area contributed by atoms with E-state index in [1.165, 1.54) is 0 Å². The predicted molar refractivity (Wildman–Crippen MR) is 71.7 cm³/mol. The average Bonchev–Trinajstić information content (AvgIpc) is 2.47. The fourth-order valence-corrected chi connectivity index (χ4v) is 2.58. The fraction of sp³-hybridized carbons (Fsp3) is 0.333. The first-order chi connectivity index (χ1) is 8.86. The maximum absolute atomic E-state index is 12.5. The van der Waals surface area contributed by atoms with E-state index in [2.05, 4.69) is 10.3 Å². The molecule has 3 heteroatoms. The van der Waals surface area contributed by atoms with Crippen molar-refractivity contribution in [3.8, 4) is 0 Å². The second-order valence-corrected chi connectivity index (χ2v) is 4.77. The zero-order valence-corrected chi connectivity index (χ0v) is 10.2. The van der Waals surface area contributed by atoms with Crippen molar-refractivity contribution in [2.45, 2.75) is 25.3 Å². The van der Waals surface area contributed by atoms with Crippen molar-refractivity contribution in [3.05, 3.63) is 42.2 Å². The SMILES string of the molecule is O=C(c1cncc2ccccc12)C1CCCCN1. The van der Waals surface area contributed by atoms with E-state index in [9.17, 15) is 4.79 Å². The maximum atomic E-state index is 12.5. The van der Waals surface area contributed by atoms with Gasteiger partial charge in [-0.15, -0.1) is 0 Å². The molecule has 0 aliphatic carbocycles. The van der Waals surface area contributed by atoms with E-state index in [1.807, 2.05) is 24.3 Å². The lowest BCUT2D eigenvalue weighted by Gasteiger charge is -2.22. The fourth-order valence-electron chi connectivity index (χ4n) is 2.58. The summed E-state index contributed by atoms with van der Waals surface area (Å²) in [6, 6.07) is 7.89. The van der Waals surface area contributed by atoms with Crippen molar-refractivity contribution in [2.24, 2.45) is 0 Å². The van der Waals surface area contributed by atoms with E-state index in [1.54, 1.807) is 12.4 Å². The number of piperidine rings is 1. The third-order valence-electron chi connectivity index (χ3n) is 3.56. The van der Waals surface area contributed by atoms with Gasteiger partial charge in [-0.1, -0.05) is 30.7 Å². The number of hydrogen-bond donors (Lipinski definition) is 1. The number of aromatic nitrogens is 1. The predicted octanol–water partition coefficient (Wildman–Crippen LogP) is 2.56. The Morgan fingerprint density at radius 2 is 2.11 bits per heavy atom. The third-order valence-corrected chi connectivity index (χ3v) is 3.56. The molecule has 3 rings (SSSR count). The molecule has 0 saturated carbocycles. The van der Waals surface area contributed by atoms with Gasteiger partial charge < -0.3 is 5.32 Å². The molecule has 1 saturated heterocycles. The number of nitrogens with one attached hydrogen (secondary N) is 1. The van der Waals surface area contributed by atoms with Crippen LogP contribution in [0.4, 0.5) is 0 Å². The van der Waals surface area contributed by atoms with Crippen molar-refractivity contribution in [1.82, 2.24) is 10.3 Å². The molecule has 1 aromatic carbocycles. The smallest absolute Gasteiger partial charge is 0.181 e. The van der Waals surface area contributed by atoms with Crippen molar-refractivity contribution in [3.63, 3.8) is 0 Å². The molecule has 1 fully saturated rings. The second kappa shape index (κ2) is 4.86. The summed E-state index contributed by atoms with van der Waals surface area (Å²) in [6.07, 6.45) is 6.72. The number of nitrogens with zero attached hydrogens (tertiary/aromatic N) is 1. The van der Waals surface area contributed by atoms with E-state index in [-0.39, 0.29) is 11.8 Å². The molecule has 1 aliphatic rings. The van der Waals surface area contributed by atoms with Crippen LogP contribution < -0.4 is 5.32 Å². The van der Waals surface area contributed by atoms with Crippen molar-refractivity contribution < 1.29 is 4.79 Å². The summed E-state index contributed by atoms with van der Waals surface area (Å²) in [4.78, 5) is 16.7. The Morgan fingerprint density at radius 1 is 1.22 bits per heavy atom. The highest BCUT2D eigenvalue weighted by molar-refractivity contribution is 6.10. The van der Waals surface area contributed by atoms with Gasteiger partial charge in [-0.25, -0.2) is 0 Å². The Bertz CT molecular complexity index is 568. The summed E-state index contributed by atoms with van der Waals surface area (Å²) in [5.74, 6) is 0.180. The van der Waals surface area contributed by atoms with Crippen LogP contribution in [0, 0.1) is 0 Å². The Hall–Kier alpha value is -1.74. The first-order valence-electron chi connectivity index (χ1n) is 6.46. The van der Waals surface area contributed by atoms with Crippen LogP contribution in [0.5, 0.6) is 0 Å². The van der Waals surface area contributed by atoms with Gasteiger partial charge in [0.2, 0.25) is 0 Å². The van der Waals surface area contributed by atoms with Crippen LogP contribution in [0.3, 0.4) is 0 Å². The maximum Gasteiger partial charge on any atom is 0.181 e. The Morgan fingerprint density at radius 3 is 2.94 bits per heavy atom. The van der Waals surface area contributed by atoms with Gasteiger partial charge in [0.1, 0.15) is 0 Å². The molecule has 0 bridgehead atoms. The van der Waals surface area contributed by atoms with Gasteiger partial charge in [0, 0.05) is 23.3 Å². The molecule has 1 aliphatic heterocycles. The van der Waals surface area contributed by atoms with Gasteiger partial charge in [-0.05, 0) is 24.8 Å². The largest absolute Gasteiger partial charge is 0.307 e. The number of carbonyl (C=O) groups excluding carboxylic acids is 1. The molecule has 2 aromatic rings. The minimum absolute atomic E-state index is 0.0358. The number of hydrogen-bond acceptors (Lipinski definition) is 3. The summed E-state index contributed by atoms with van der Waals surface area (Å²) >= 11 is 0. The number of ketones is 1. The molecule has 1 unspecified atom stereocenters. The molecule has 1 N–H and O–H groups in total. The molecule has 1 atom stereocenters. The lowest BCUT2D eigenvalue weighted by molar-refractivity contribution is 0.0928. The molecule has 3 nitrogen and oxygen atoms in total. The van der Waals surface area contributed by atoms with Crippen LogP contribution in [-0.2, 0) is 0 Å². The van der Waals surface area contributed by atoms with Gasteiger partial charge in [0.05, 0.1) is 6.04 Å². The quantitative estimate of drug-likeness (QED) is 0.820. The minimum Gasteiger partial charge on any atom is -0.307 e. The van der Waals surface area contributed by atoms with Gasteiger partial charge in [-0.3, -0.25) is 9.78 Å². The molecule has 2 heterocycles. The van der Waals surface area contributed by atoms with Gasteiger partial charge >= 0.3 is 0 Å². The minimum atomic E-state index is -0.0358. The molecule has 92 valence electrons.